The first kappa shape index (κ1) is 21.9. The van der Waals surface area contributed by atoms with Crippen LogP contribution >= 0.6 is 34.6 Å². The lowest BCUT2D eigenvalue weighted by Gasteiger charge is -2.49. The number of carbonyl (C=O) groups is 3. The predicted octanol–water partition coefficient (Wildman–Crippen LogP) is 0.516. The Morgan fingerprint density at radius 1 is 1.41 bits per heavy atom. The molecule has 1 unspecified atom stereocenters. The minimum Gasteiger partial charge on any atom is -0.477 e. The lowest BCUT2D eigenvalue weighted by Crippen LogP contribution is -2.71. The molecule has 1 saturated heterocycles. The van der Waals surface area contributed by atoms with Crippen LogP contribution in [0.2, 0.25) is 0 Å². The Morgan fingerprint density at radius 3 is 2.78 bits per heavy atom. The summed E-state index contributed by atoms with van der Waals surface area (Å²) < 4.78 is 3.81. The maximum atomic E-state index is 12.7. The molecule has 12 nitrogen and oxygen atoms in total. The topological polar surface area (TPSA) is 184 Å². The number of allylic oxidation sites excluding steroid dienone is 1. The zero-order valence-corrected chi connectivity index (χ0v) is 18.7. The minimum atomic E-state index is -1.24. The number of β-lactam (4-membered cyclic amide) rings is 1. The number of nitrogens with one attached hydrogen (secondary N) is 1. The van der Waals surface area contributed by atoms with E-state index in [4.69, 9.17) is 5.73 Å². The number of thioether (sulfide) groups is 1. The molecule has 1 fully saturated rings. The van der Waals surface area contributed by atoms with Gasteiger partial charge in [-0.15, -0.1) is 23.1 Å². The number of hydrogen-bond acceptors (Lipinski definition) is 12. The molecule has 0 saturated carbocycles. The number of carbonyl (C=O) groups excluding carboxylic acids is 2. The van der Waals surface area contributed by atoms with E-state index in [-0.39, 0.29) is 16.7 Å². The van der Waals surface area contributed by atoms with Gasteiger partial charge in [0.25, 0.3) is 11.8 Å². The van der Waals surface area contributed by atoms with Crippen LogP contribution in [0.25, 0.3) is 6.08 Å². The fourth-order valence-electron chi connectivity index (χ4n) is 3.15. The number of fused-ring (bicyclic) bond motifs is 1. The second kappa shape index (κ2) is 8.68. The van der Waals surface area contributed by atoms with Crippen LogP contribution in [-0.4, -0.2) is 70.2 Å². The Balaban J connectivity index is 1.53. The molecular weight excluding hydrogens is 478 g/mol. The molecule has 166 valence electrons. The second-order valence-electron chi connectivity index (χ2n) is 6.58. The molecule has 15 heteroatoms. The molecule has 32 heavy (non-hydrogen) atoms. The van der Waals surface area contributed by atoms with Crippen LogP contribution in [0.15, 0.2) is 28.0 Å². The quantitative estimate of drug-likeness (QED) is 0.191. The van der Waals surface area contributed by atoms with Crippen molar-refractivity contribution in [2.24, 2.45) is 5.16 Å². The molecule has 2 amide bonds. The number of carboxylic acid groups (broad SMARTS) is 1. The summed E-state index contributed by atoms with van der Waals surface area (Å²) in [7, 11) is 0. The van der Waals surface area contributed by atoms with Crippen LogP contribution in [0.3, 0.4) is 0 Å². The highest BCUT2D eigenvalue weighted by atomic mass is 32.2. The van der Waals surface area contributed by atoms with E-state index < -0.39 is 34.9 Å². The van der Waals surface area contributed by atoms with Crippen molar-refractivity contribution in [2.75, 3.05) is 11.5 Å². The van der Waals surface area contributed by atoms with Crippen molar-refractivity contribution in [1.82, 2.24) is 24.6 Å². The molecule has 5 N–H and O–H groups in total. The summed E-state index contributed by atoms with van der Waals surface area (Å²) in [5.74, 6) is -2.56. The number of oxime groups is 1. The van der Waals surface area contributed by atoms with Gasteiger partial charge in [-0.25, -0.2) is 9.78 Å². The molecule has 0 spiro atoms. The number of thiazole rings is 1. The maximum Gasteiger partial charge on any atom is 0.352 e. The van der Waals surface area contributed by atoms with E-state index in [1.165, 1.54) is 23.1 Å². The average Bonchev–Trinajstić information content (AvgIpc) is 3.37. The highest BCUT2D eigenvalue weighted by Crippen LogP contribution is 2.41. The van der Waals surface area contributed by atoms with Crippen LogP contribution in [-0.2, 0) is 14.4 Å². The second-order valence-corrected chi connectivity index (χ2v) is 9.35. The van der Waals surface area contributed by atoms with Crippen LogP contribution in [0.1, 0.15) is 16.4 Å². The van der Waals surface area contributed by atoms with Gasteiger partial charge < -0.3 is 21.4 Å². The van der Waals surface area contributed by atoms with E-state index in [9.17, 15) is 24.7 Å². The van der Waals surface area contributed by atoms with Crippen molar-refractivity contribution in [2.45, 2.75) is 18.3 Å². The van der Waals surface area contributed by atoms with E-state index in [2.05, 4.69) is 24.8 Å². The number of anilines is 1. The molecule has 0 aliphatic carbocycles. The molecule has 4 rings (SSSR count). The largest absolute Gasteiger partial charge is 0.477 e. The van der Waals surface area contributed by atoms with Gasteiger partial charge in [-0.2, -0.15) is 9.36 Å². The first-order chi connectivity index (χ1) is 15.3. The third kappa shape index (κ3) is 3.85. The third-order valence-electron chi connectivity index (χ3n) is 4.67. The van der Waals surface area contributed by atoms with Gasteiger partial charge in [0.05, 0.1) is 11.2 Å². The summed E-state index contributed by atoms with van der Waals surface area (Å²) in [5.41, 5.74) is 7.85. The number of hydrogen-bond donors (Lipinski definition) is 4. The number of aliphatic carboxylic acids is 1. The number of nitrogens with two attached hydrogens (primary N) is 1. The lowest BCUT2D eigenvalue weighted by molar-refractivity contribution is -0.150. The predicted molar refractivity (Wildman–Crippen MR) is 118 cm³/mol. The summed E-state index contributed by atoms with van der Waals surface area (Å²) in [4.78, 5) is 47.2. The molecule has 0 radical (unpaired) electrons. The third-order valence-corrected chi connectivity index (χ3v) is 7.42. The van der Waals surface area contributed by atoms with Crippen LogP contribution < -0.4 is 11.1 Å². The van der Waals surface area contributed by atoms with Gasteiger partial charge in [0.2, 0.25) is 11.5 Å². The zero-order valence-electron chi connectivity index (χ0n) is 16.3. The van der Waals surface area contributed by atoms with E-state index in [1.54, 1.807) is 17.7 Å². The van der Waals surface area contributed by atoms with Gasteiger partial charge in [-0.05, 0) is 18.6 Å². The molecular formula is C17H15N7O5S3. The van der Waals surface area contributed by atoms with Gasteiger partial charge in [0.1, 0.15) is 17.1 Å². The summed E-state index contributed by atoms with van der Waals surface area (Å²) in [6.07, 6.45) is 3.44. The van der Waals surface area contributed by atoms with Crippen LogP contribution in [0.5, 0.6) is 0 Å². The van der Waals surface area contributed by atoms with Crippen molar-refractivity contribution >= 4 is 69.3 Å². The maximum absolute atomic E-state index is 12.7. The normalized spacial score (nSPS) is 21.0. The molecule has 2 aliphatic heterocycles. The van der Waals surface area contributed by atoms with Crippen molar-refractivity contribution in [3.63, 3.8) is 0 Å². The highest BCUT2D eigenvalue weighted by Gasteiger charge is 2.54. The Labute approximate surface area is 192 Å². The summed E-state index contributed by atoms with van der Waals surface area (Å²) in [6.45, 7) is 1.85. The van der Waals surface area contributed by atoms with E-state index in [0.717, 1.165) is 27.0 Å². The molecule has 0 aromatic carbocycles. The van der Waals surface area contributed by atoms with E-state index >= 15 is 0 Å². The Morgan fingerprint density at radius 2 is 2.19 bits per heavy atom. The van der Waals surface area contributed by atoms with E-state index in [1.807, 2.05) is 6.92 Å². The molecule has 4 heterocycles. The van der Waals surface area contributed by atoms with Gasteiger partial charge >= 0.3 is 5.97 Å². The van der Waals surface area contributed by atoms with Crippen molar-refractivity contribution in [3.05, 3.63) is 39.3 Å². The first-order valence-electron chi connectivity index (χ1n) is 8.93. The number of carboxylic acids is 1. The first-order valence-corrected chi connectivity index (χ1v) is 11.6. The molecule has 2 aromatic rings. The van der Waals surface area contributed by atoms with Gasteiger partial charge in [-0.1, -0.05) is 11.2 Å². The Kier molecular flexibility index (Phi) is 5.94. The molecule has 0 bridgehead atoms. The van der Waals surface area contributed by atoms with Gasteiger partial charge in [0, 0.05) is 22.2 Å². The van der Waals surface area contributed by atoms with E-state index in [0.29, 0.717) is 11.3 Å². The van der Waals surface area contributed by atoms with Gasteiger partial charge in [-0.3, -0.25) is 14.5 Å². The van der Waals surface area contributed by atoms with Crippen LogP contribution in [0.4, 0.5) is 5.13 Å². The number of rotatable bonds is 6. The Bertz CT molecular complexity index is 1200. The summed E-state index contributed by atoms with van der Waals surface area (Å²) in [6, 6.07) is -0.996. The zero-order chi connectivity index (χ0) is 23.0. The van der Waals surface area contributed by atoms with Gasteiger partial charge in [0.15, 0.2) is 5.13 Å². The average molecular weight is 494 g/mol. The minimum absolute atomic E-state index is 0.0769. The van der Waals surface area contributed by atoms with Crippen molar-refractivity contribution in [1.29, 1.82) is 0 Å². The number of nitrogen functional groups attached to an aromatic ring is 1. The number of amides is 2. The lowest BCUT2D eigenvalue weighted by atomic mass is 10.0. The SMILES string of the molecule is Cc1ncsc1C=CC1=C(C(=O)O)N2C(=O)C(NC(=O)C(=NO)c3nsc(N)n3)[C@H]2SC1. The van der Waals surface area contributed by atoms with Crippen LogP contribution in [0, 0.1) is 6.92 Å². The number of aromatic nitrogens is 3. The molecule has 2 atom stereocenters. The Hall–Kier alpha value is -3.30. The number of aryl methyl sites for hydroxylation is 1. The smallest absolute Gasteiger partial charge is 0.352 e. The standard InChI is InChI=1S/C17H15N7O5S3/c1-6-8(31-5-19-6)3-2-7-4-30-15-10(14(26)24(15)11(7)16(27)28)20-13(25)9(22-29)12-21-17(18)32-23-12/h2-3,5,10,15,29H,4H2,1H3,(H,20,25)(H,27,28)(H2,18,21,23)/t10?,15-/m1/s1. The summed E-state index contributed by atoms with van der Waals surface area (Å²) in [5, 5.41) is 23.7. The monoisotopic (exact) mass is 493 g/mol. The fourth-order valence-corrected chi connectivity index (χ4v) is 5.60. The number of nitrogens with zero attached hydrogens (tertiary/aromatic N) is 5. The molecule has 2 aliphatic rings. The van der Waals surface area contributed by atoms with Crippen molar-refractivity contribution in [3.8, 4) is 0 Å². The highest BCUT2D eigenvalue weighted by molar-refractivity contribution is 8.00. The molecule has 2 aromatic heterocycles. The fraction of sp³-hybridized carbons (Fsp3) is 0.235. The summed E-state index contributed by atoms with van der Waals surface area (Å²) >= 11 is 3.55. The van der Waals surface area contributed by atoms with Crippen molar-refractivity contribution < 1.29 is 24.7 Å².